The zero-order valence-electron chi connectivity index (χ0n) is 7.99. The van der Waals surface area contributed by atoms with Crippen LogP contribution in [0.15, 0.2) is 11.4 Å². The molecule has 0 aromatic carbocycles. The topological polar surface area (TPSA) is 117 Å². The molecule has 0 fully saturated rings. The van der Waals surface area contributed by atoms with Crippen LogP contribution in [0.1, 0.15) is 6.42 Å². The van der Waals surface area contributed by atoms with Crippen LogP contribution in [-0.2, 0) is 19.1 Å². The first-order valence-corrected chi connectivity index (χ1v) is 3.67. The number of ether oxygens (including phenoxy) is 2. The average Bonchev–Trinajstić information content (AvgIpc) is 2.23. The van der Waals surface area contributed by atoms with Gasteiger partial charge in [0.05, 0.1) is 26.3 Å². The molecule has 0 bridgehead atoms. The van der Waals surface area contributed by atoms with E-state index in [0.29, 0.717) is 0 Å². The number of rotatable bonds is 4. The van der Waals surface area contributed by atoms with E-state index in [1.54, 1.807) is 0 Å². The van der Waals surface area contributed by atoms with Gasteiger partial charge in [-0.15, -0.1) is 0 Å². The number of esters is 2. The standard InChI is InChI=1S/C7H13N3O4/c1-13-5(11)3-4(10-9)6(8)7(12)14-2/h10H,3,8-9H2,1-2H3/b6-4-. The average molecular weight is 203 g/mol. The van der Waals surface area contributed by atoms with Crippen LogP contribution in [0.5, 0.6) is 0 Å². The van der Waals surface area contributed by atoms with Gasteiger partial charge in [-0.3, -0.25) is 10.6 Å². The molecular formula is C7H13N3O4. The maximum Gasteiger partial charge on any atom is 0.355 e. The fourth-order valence-electron chi connectivity index (χ4n) is 0.674. The molecule has 0 saturated carbocycles. The molecule has 0 aromatic rings. The number of hydrazine groups is 1. The van der Waals surface area contributed by atoms with Crippen LogP contribution in [0.4, 0.5) is 0 Å². The van der Waals surface area contributed by atoms with Gasteiger partial charge in [0.25, 0.3) is 0 Å². The van der Waals surface area contributed by atoms with E-state index in [2.05, 4.69) is 14.9 Å². The van der Waals surface area contributed by atoms with Gasteiger partial charge in [0.15, 0.2) is 0 Å². The quantitative estimate of drug-likeness (QED) is 0.217. The lowest BCUT2D eigenvalue weighted by molar-refractivity contribution is -0.139. The highest BCUT2D eigenvalue weighted by molar-refractivity contribution is 5.89. The first-order valence-electron chi connectivity index (χ1n) is 3.67. The zero-order chi connectivity index (χ0) is 11.1. The van der Waals surface area contributed by atoms with Crippen molar-refractivity contribution < 1.29 is 19.1 Å². The van der Waals surface area contributed by atoms with E-state index in [1.165, 1.54) is 14.2 Å². The minimum Gasteiger partial charge on any atom is -0.469 e. The Labute approximate surface area is 81.0 Å². The molecule has 0 aliphatic rings. The number of carbonyl (C=O) groups is 2. The maximum atomic E-state index is 10.9. The molecule has 7 nitrogen and oxygen atoms in total. The summed E-state index contributed by atoms with van der Waals surface area (Å²) in [6.07, 6.45) is -0.214. The molecule has 0 atom stereocenters. The zero-order valence-corrected chi connectivity index (χ0v) is 7.99. The van der Waals surface area contributed by atoms with Crippen LogP contribution in [0.3, 0.4) is 0 Å². The minimum absolute atomic E-state index is 0.0590. The third-order valence-corrected chi connectivity index (χ3v) is 1.45. The van der Waals surface area contributed by atoms with E-state index >= 15 is 0 Å². The van der Waals surface area contributed by atoms with Gasteiger partial charge in [0.2, 0.25) is 0 Å². The summed E-state index contributed by atoms with van der Waals surface area (Å²) in [5, 5.41) is 0. The second kappa shape index (κ2) is 5.81. The Morgan fingerprint density at radius 3 is 2.21 bits per heavy atom. The fraction of sp³-hybridized carbons (Fsp3) is 0.429. The van der Waals surface area contributed by atoms with Crippen LogP contribution < -0.4 is 17.0 Å². The van der Waals surface area contributed by atoms with E-state index in [9.17, 15) is 9.59 Å². The van der Waals surface area contributed by atoms with Gasteiger partial charge in [-0.2, -0.15) is 0 Å². The highest BCUT2D eigenvalue weighted by atomic mass is 16.5. The second-order valence-corrected chi connectivity index (χ2v) is 2.28. The molecule has 0 radical (unpaired) electrons. The van der Waals surface area contributed by atoms with E-state index in [4.69, 9.17) is 11.6 Å². The van der Waals surface area contributed by atoms with Gasteiger partial charge in [-0.1, -0.05) is 0 Å². The highest BCUT2D eigenvalue weighted by Gasteiger charge is 2.14. The molecule has 7 heteroatoms. The molecule has 0 amide bonds. The van der Waals surface area contributed by atoms with Crippen LogP contribution in [0, 0.1) is 0 Å². The SMILES string of the molecule is COC(=O)C/C(NN)=C(/N)C(=O)OC. The number of hydrogen-bond donors (Lipinski definition) is 3. The van der Waals surface area contributed by atoms with Crippen molar-refractivity contribution in [3.8, 4) is 0 Å². The molecule has 80 valence electrons. The van der Waals surface area contributed by atoms with Gasteiger partial charge >= 0.3 is 11.9 Å². The lowest BCUT2D eigenvalue weighted by atomic mass is 10.2. The Hall–Kier alpha value is -1.76. The van der Waals surface area contributed by atoms with Crippen molar-refractivity contribution in [3.05, 3.63) is 11.4 Å². The van der Waals surface area contributed by atoms with E-state index < -0.39 is 11.9 Å². The fourth-order valence-corrected chi connectivity index (χ4v) is 0.674. The summed E-state index contributed by atoms with van der Waals surface area (Å²) in [5.41, 5.74) is 7.28. The summed E-state index contributed by atoms with van der Waals surface area (Å²) >= 11 is 0. The predicted octanol–water partition coefficient (Wildman–Crippen LogP) is -1.64. The normalized spacial score (nSPS) is 11.4. The first kappa shape index (κ1) is 12.2. The third-order valence-electron chi connectivity index (χ3n) is 1.45. The molecule has 0 saturated heterocycles. The van der Waals surface area contributed by atoms with Crippen molar-refractivity contribution in [2.75, 3.05) is 14.2 Å². The Morgan fingerprint density at radius 2 is 1.86 bits per heavy atom. The Bertz CT molecular complexity index is 262. The first-order chi connectivity index (χ1) is 6.56. The molecule has 0 unspecified atom stereocenters. The molecule has 0 spiro atoms. The number of nitrogens with one attached hydrogen (secondary N) is 1. The van der Waals surface area contributed by atoms with Crippen LogP contribution in [0.2, 0.25) is 0 Å². The molecule has 0 aliphatic heterocycles. The largest absolute Gasteiger partial charge is 0.469 e. The number of methoxy groups -OCH3 is 2. The minimum atomic E-state index is -0.762. The van der Waals surface area contributed by atoms with Gasteiger partial charge in [-0.25, -0.2) is 4.79 Å². The molecule has 0 rings (SSSR count). The highest BCUT2D eigenvalue weighted by Crippen LogP contribution is 2.02. The monoisotopic (exact) mass is 203 g/mol. The van der Waals surface area contributed by atoms with E-state index in [-0.39, 0.29) is 17.8 Å². The summed E-state index contributed by atoms with van der Waals surface area (Å²) in [6.45, 7) is 0. The molecule has 0 aliphatic carbocycles. The molecule has 0 aromatic heterocycles. The van der Waals surface area contributed by atoms with Crippen molar-refractivity contribution in [1.82, 2.24) is 5.43 Å². The summed E-state index contributed by atoms with van der Waals surface area (Å²) in [6, 6.07) is 0. The smallest absolute Gasteiger partial charge is 0.355 e. The lowest BCUT2D eigenvalue weighted by Gasteiger charge is -2.08. The molecule has 0 heterocycles. The summed E-state index contributed by atoms with van der Waals surface area (Å²) in [5.74, 6) is 3.74. The van der Waals surface area contributed by atoms with Crippen molar-refractivity contribution in [2.24, 2.45) is 11.6 Å². The summed E-state index contributed by atoms with van der Waals surface area (Å²) < 4.78 is 8.71. The number of hydrogen-bond acceptors (Lipinski definition) is 7. The van der Waals surface area contributed by atoms with Crippen molar-refractivity contribution in [1.29, 1.82) is 0 Å². The summed E-state index contributed by atoms with van der Waals surface area (Å²) in [7, 11) is 2.38. The number of nitrogens with two attached hydrogens (primary N) is 2. The number of carbonyl (C=O) groups excluding carboxylic acids is 2. The third kappa shape index (κ3) is 3.31. The Balaban J connectivity index is 4.67. The summed E-state index contributed by atoms with van der Waals surface area (Å²) in [4.78, 5) is 21.8. The Morgan fingerprint density at radius 1 is 1.29 bits per heavy atom. The molecular weight excluding hydrogens is 190 g/mol. The maximum absolute atomic E-state index is 10.9. The second-order valence-electron chi connectivity index (χ2n) is 2.28. The Kier molecular flexibility index (Phi) is 5.08. The predicted molar refractivity (Wildman–Crippen MR) is 47.2 cm³/mol. The molecule has 5 N–H and O–H groups in total. The van der Waals surface area contributed by atoms with Crippen LogP contribution in [0.25, 0.3) is 0 Å². The van der Waals surface area contributed by atoms with Crippen LogP contribution >= 0.6 is 0 Å². The van der Waals surface area contributed by atoms with Gasteiger partial charge < -0.3 is 20.6 Å². The van der Waals surface area contributed by atoms with Crippen molar-refractivity contribution >= 4 is 11.9 Å². The lowest BCUT2D eigenvalue weighted by Crippen LogP contribution is -2.30. The van der Waals surface area contributed by atoms with Crippen molar-refractivity contribution in [2.45, 2.75) is 6.42 Å². The van der Waals surface area contributed by atoms with Gasteiger partial charge in [-0.05, 0) is 0 Å². The van der Waals surface area contributed by atoms with Crippen LogP contribution in [-0.4, -0.2) is 26.2 Å². The van der Waals surface area contributed by atoms with E-state index in [0.717, 1.165) is 0 Å². The van der Waals surface area contributed by atoms with Gasteiger partial charge in [0, 0.05) is 0 Å². The van der Waals surface area contributed by atoms with Gasteiger partial charge in [0.1, 0.15) is 5.70 Å². The van der Waals surface area contributed by atoms with E-state index in [1.807, 2.05) is 0 Å². The molecule has 14 heavy (non-hydrogen) atoms. The van der Waals surface area contributed by atoms with Crippen molar-refractivity contribution in [3.63, 3.8) is 0 Å².